The summed E-state index contributed by atoms with van der Waals surface area (Å²) in [4.78, 5) is 40.2. The molecule has 0 saturated carbocycles. The Morgan fingerprint density at radius 2 is 1.69 bits per heavy atom. The number of anilines is 2. The summed E-state index contributed by atoms with van der Waals surface area (Å²) in [6.07, 6.45) is 3.32. The second-order valence-electron chi connectivity index (χ2n) is 12.2. The lowest BCUT2D eigenvalue weighted by Crippen LogP contribution is -2.52. The number of fused-ring (bicyclic) bond motifs is 1. The summed E-state index contributed by atoms with van der Waals surface area (Å²) in [5.41, 5.74) is 1.62. The second-order valence-corrected chi connectivity index (χ2v) is 12.2. The zero-order valence-corrected chi connectivity index (χ0v) is 26.6. The second kappa shape index (κ2) is 13.3. The number of piperazine rings is 1. The van der Waals surface area contributed by atoms with Gasteiger partial charge in [0, 0.05) is 81.5 Å². The van der Waals surface area contributed by atoms with Crippen molar-refractivity contribution in [2.45, 2.75) is 12.0 Å². The number of nitrogens with one attached hydrogen (secondary N) is 2. The molecule has 5 aromatic rings. The third kappa shape index (κ3) is 6.44. The van der Waals surface area contributed by atoms with Crippen molar-refractivity contribution in [3.05, 3.63) is 90.5 Å². The Balaban J connectivity index is 0.955. The standard InChI is InChI=1S/C35H33F3N8O3/c1-49-35(34(48)41-24-7-8-29-26(17-24)32(43-42-29)22-3-5-23(36)6-4-22)9-12-44(21-35)20-31(47)46-15-13-45(14-16-46)30-19-27(37)25(18-28(30)38)33-39-10-2-11-40-33/h2-8,10-11,17-19H,9,12-16,20-21H2,1H3,(H,41,48)(H,42,43)/t35-/m0/s1. The van der Waals surface area contributed by atoms with Crippen LogP contribution < -0.4 is 10.2 Å². The van der Waals surface area contributed by atoms with Gasteiger partial charge in [-0.25, -0.2) is 23.1 Å². The van der Waals surface area contributed by atoms with E-state index in [1.54, 1.807) is 40.1 Å². The molecule has 252 valence electrons. The quantitative estimate of drug-likeness (QED) is 0.248. The van der Waals surface area contributed by atoms with Crippen molar-refractivity contribution in [2.75, 3.05) is 63.1 Å². The van der Waals surface area contributed by atoms with Crippen LogP contribution in [0.5, 0.6) is 0 Å². The molecule has 11 nitrogen and oxygen atoms in total. The van der Waals surface area contributed by atoms with Crippen LogP contribution >= 0.6 is 0 Å². The lowest BCUT2D eigenvalue weighted by molar-refractivity contribution is -0.138. The Morgan fingerprint density at radius 3 is 2.43 bits per heavy atom. The van der Waals surface area contributed by atoms with Crippen LogP contribution in [0.4, 0.5) is 24.5 Å². The number of rotatable bonds is 8. The number of ether oxygens (including phenoxy) is 1. The molecular formula is C35H33F3N8O3. The fourth-order valence-electron chi connectivity index (χ4n) is 6.48. The topological polar surface area (TPSA) is 120 Å². The first kappa shape index (κ1) is 32.2. The fourth-order valence-corrected chi connectivity index (χ4v) is 6.48. The van der Waals surface area contributed by atoms with Crippen LogP contribution in [0.15, 0.2) is 73.1 Å². The Hall–Kier alpha value is -5.34. The van der Waals surface area contributed by atoms with Crippen molar-refractivity contribution in [3.8, 4) is 22.6 Å². The van der Waals surface area contributed by atoms with Gasteiger partial charge in [-0.3, -0.25) is 19.6 Å². The van der Waals surface area contributed by atoms with Gasteiger partial charge in [0.2, 0.25) is 5.91 Å². The summed E-state index contributed by atoms with van der Waals surface area (Å²) in [5.74, 6) is -1.91. The Labute approximate surface area is 279 Å². The van der Waals surface area contributed by atoms with Crippen molar-refractivity contribution in [2.24, 2.45) is 0 Å². The van der Waals surface area contributed by atoms with E-state index in [0.29, 0.717) is 50.5 Å². The number of hydrogen-bond donors (Lipinski definition) is 2. The van der Waals surface area contributed by atoms with Crippen LogP contribution in [0.2, 0.25) is 0 Å². The van der Waals surface area contributed by atoms with Crippen LogP contribution in [0, 0.1) is 17.5 Å². The molecule has 3 aromatic carbocycles. The highest BCUT2D eigenvalue weighted by Crippen LogP contribution is 2.32. The van der Waals surface area contributed by atoms with Crippen LogP contribution in [-0.4, -0.2) is 100 Å². The van der Waals surface area contributed by atoms with Gasteiger partial charge < -0.3 is 19.9 Å². The number of aromatic amines is 1. The lowest BCUT2D eigenvalue weighted by atomic mass is 10.0. The number of carbonyl (C=O) groups excluding carboxylic acids is 2. The number of halogens is 3. The number of likely N-dealkylation sites (tertiary alicyclic amines) is 1. The molecule has 2 N–H and O–H groups in total. The summed E-state index contributed by atoms with van der Waals surface area (Å²) in [7, 11) is 1.48. The van der Waals surface area contributed by atoms with Crippen molar-refractivity contribution in [1.29, 1.82) is 0 Å². The van der Waals surface area contributed by atoms with E-state index in [1.807, 2.05) is 11.0 Å². The molecule has 49 heavy (non-hydrogen) atoms. The fraction of sp³-hybridized carbons (Fsp3) is 0.286. The van der Waals surface area contributed by atoms with E-state index in [4.69, 9.17) is 4.74 Å². The number of nitrogens with zero attached hydrogens (tertiary/aromatic N) is 6. The van der Waals surface area contributed by atoms with Crippen molar-refractivity contribution in [3.63, 3.8) is 0 Å². The number of benzene rings is 3. The maximum Gasteiger partial charge on any atom is 0.258 e. The van der Waals surface area contributed by atoms with Gasteiger partial charge in [-0.2, -0.15) is 5.10 Å². The van der Waals surface area contributed by atoms with Gasteiger partial charge >= 0.3 is 0 Å². The first-order valence-electron chi connectivity index (χ1n) is 15.9. The van der Waals surface area contributed by atoms with E-state index >= 15 is 4.39 Å². The molecule has 0 spiro atoms. The van der Waals surface area contributed by atoms with E-state index in [1.165, 1.54) is 31.6 Å². The summed E-state index contributed by atoms with van der Waals surface area (Å²) >= 11 is 0. The monoisotopic (exact) mass is 670 g/mol. The lowest BCUT2D eigenvalue weighted by Gasteiger charge is -2.37. The highest BCUT2D eigenvalue weighted by molar-refractivity contribution is 6.01. The van der Waals surface area contributed by atoms with Gasteiger partial charge in [0.05, 0.1) is 29.0 Å². The molecule has 2 aliphatic rings. The number of hydrogen-bond acceptors (Lipinski definition) is 8. The number of methoxy groups -OCH3 is 1. The summed E-state index contributed by atoms with van der Waals surface area (Å²) in [6.45, 7) is 2.12. The first-order chi connectivity index (χ1) is 23.7. The molecule has 0 bridgehead atoms. The zero-order chi connectivity index (χ0) is 34.1. The van der Waals surface area contributed by atoms with E-state index in [2.05, 4.69) is 25.5 Å². The first-order valence-corrected chi connectivity index (χ1v) is 15.9. The largest absolute Gasteiger partial charge is 0.367 e. The molecule has 2 amide bonds. The van der Waals surface area contributed by atoms with E-state index in [9.17, 15) is 18.4 Å². The van der Waals surface area contributed by atoms with Crippen LogP contribution in [0.3, 0.4) is 0 Å². The molecule has 2 saturated heterocycles. The van der Waals surface area contributed by atoms with Gasteiger partial charge in [-0.1, -0.05) is 0 Å². The molecule has 7 rings (SSSR count). The Morgan fingerprint density at radius 1 is 0.939 bits per heavy atom. The molecule has 2 aliphatic heterocycles. The molecule has 0 unspecified atom stereocenters. The van der Waals surface area contributed by atoms with Crippen molar-refractivity contribution < 1.29 is 27.5 Å². The highest BCUT2D eigenvalue weighted by atomic mass is 19.1. The molecule has 14 heteroatoms. The number of amides is 2. The van der Waals surface area contributed by atoms with Crippen molar-refractivity contribution >= 4 is 34.1 Å². The van der Waals surface area contributed by atoms with E-state index in [-0.39, 0.29) is 47.8 Å². The SMILES string of the molecule is CO[C@@]1(C(=O)Nc2ccc3[nH]nc(-c4ccc(F)cc4)c3c2)CCN(CC(=O)N2CCN(c3cc(F)c(-c4ncccn4)cc3F)CC2)C1. The molecule has 0 radical (unpaired) electrons. The molecule has 2 aromatic heterocycles. The van der Waals surface area contributed by atoms with Gasteiger partial charge in [0.25, 0.3) is 5.91 Å². The average molecular weight is 671 g/mol. The molecule has 2 fully saturated rings. The van der Waals surface area contributed by atoms with Gasteiger partial charge in [-0.15, -0.1) is 0 Å². The Kier molecular flexibility index (Phi) is 8.73. The normalized spacial score (nSPS) is 18.3. The van der Waals surface area contributed by atoms with Gasteiger partial charge in [0.15, 0.2) is 11.4 Å². The minimum absolute atomic E-state index is 0.0166. The Bertz CT molecular complexity index is 2000. The number of carbonyl (C=O) groups is 2. The van der Waals surface area contributed by atoms with E-state index < -0.39 is 17.2 Å². The zero-order valence-electron chi connectivity index (χ0n) is 26.6. The predicted octanol–water partition coefficient (Wildman–Crippen LogP) is 4.48. The number of H-pyrrole nitrogens is 1. The van der Waals surface area contributed by atoms with Gasteiger partial charge in [-0.05, 0) is 61.0 Å². The summed E-state index contributed by atoms with van der Waals surface area (Å²) in [6, 6.07) is 15.2. The average Bonchev–Trinajstić information content (AvgIpc) is 3.74. The molecule has 1 atom stereocenters. The minimum atomic E-state index is -1.16. The van der Waals surface area contributed by atoms with Crippen LogP contribution in [0.25, 0.3) is 33.5 Å². The molecule has 0 aliphatic carbocycles. The maximum absolute atomic E-state index is 15.1. The number of aromatic nitrogens is 4. The summed E-state index contributed by atoms with van der Waals surface area (Å²) in [5, 5.41) is 11.1. The third-order valence-corrected chi connectivity index (χ3v) is 9.23. The third-order valence-electron chi connectivity index (χ3n) is 9.23. The molecule has 4 heterocycles. The predicted molar refractivity (Wildman–Crippen MR) is 177 cm³/mol. The van der Waals surface area contributed by atoms with Crippen molar-refractivity contribution in [1.82, 2.24) is 30.0 Å². The van der Waals surface area contributed by atoms with Crippen LogP contribution in [-0.2, 0) is 14.3 Å². The van der Waals surface area contributed by atoms with Crippen LogP contribution in [0.1, 0.15) is 6.42 Å². The highest BCUT2D eigenvalue weighted by Gasteiger charge is 2.45. The summed E-state index contributed by atoms with van der Waals surface area (Å²) < 4.78 is 49.2. The smallest absolute Gasteiger partial charge is 0.258 e. The van der Waals surface area contributed by atoms with E-state index in [0.717, 1.165) is 28.6 Å². The molecular weight excluding hydrogens is 637 g/mol. The maximum atomic E-state index is 15.1. The minimum Gasteiger partial charge on any atom is -0.367 e. The van der Waals surface area contributed by atoms with Gasteiger partial charge in [0.1, 0.15) is 17.5 Å².